The predicted octanol–water partition coefficient (Wildman–Crippen LogP) is 3.41. The third-order valence-corrected chi connectivity index (χ3v) is 5.99. The van der Waals surface area contributed by atoms with Crippen molar-refractivity contribution in [1.29, 1.82) is 0 Å². The van der Waals surface area contributed by atoms with Crippen molar-refractivity contribution in [2.24, 2.45) is 5.92 Å². The van der Waals surface area contributed by atoms with Gasteiger partial charge in [0.05, 0.1) is 6.04 Å². The zero-order valence-corrected chi connectivity index (χ0v) is 16.9. The molecular weight excluding hydrogens is 364 g/mol. The van der Waals surface area contributed by atoms with Gasteiger partial charge in [0.15, 0.2) is 6.61 Å². The van der Waals surface area contributed by atoms with Gasteiger partial charge >= 0.3 is 0 Å². The number of nitrogens with zero attached hydrogens (tertiary/aromatic N) is 2. The summed E-state index contributed by atoms with van der Waals surface area (Å²) >= 11 is 0. The smallest absolute Gasteiger partial charge is 0.260 e. The third kappa shape index (κ3) is 4.61. The first kappa shape index (κ1) is 19.5. The number of hydrogen-bond donors (Lipinski definition) is 0. The van der Waals surface area contributed by atoms with Crippen molar-refractivity contribution in [2.45, 2.75) is 38.8 Å². The molecule has 2 aromatic rings. The summed E-state index contributed by atoms with van der Waals surface area (Å²) in [4.78, 5) is 29.4. The Morgan fingerprint density at radius 3 is 2.72 bits per heavy atom. The van der Waals surface area contributed by atoms with Crippen molar-refractivity contribution in [2.75, 3.05) is 19.7 Å². The molecule has 29 heavy (non-hydrogen) atoms. The summed E-state index contributed by atoms with van der Waals surface area (Å²) in [6.45, 7) is 3.96. The van der Waals surface area contributed by atoms with E-state index in [4.69, 9.17) is 4.74 Å². The van der Waals surface area contributed by atoms with Crippen molar-refractivity contribution in [3.05, 3.63) is 65.7 Å². The molecule has 2 fully saturated rings. The quantitative estimate of drug-likeness (QED) is 0.784. The molecule has 2 atom stereocenters. The molecule has 0 radical (unpaired) electrons. The molecule has 0 saturated carbocycles. The predicted molar refractivity (Wildman–Crippen MR) is 111 cm³/mol. The SMILES string of the molecule is Cc1cccc(OCC(=O)N2C[C@H]3CCCC(=O)N(Cc4ccccc4)[C@H]3C2)c1. The van der Waals surface area contributed by atoms with Crippen LogP contribution in [0.2, 0.25) is 0 Å². The van der Waals surface area contributed by atoms with E-state index in [0.717, 1.165) is 24.0 Å². The maximum absolute atomic E-state index is 12.8. The lowest BCUT2D eigenvalue weighted by atomic mass is 9.98. The first-order valence-electron chi connectivity index (χ1n) is 10.4. The van der Waals surface area contributed by atoms with Crippen molar-refractivity contribution in [3.63, 3.8) is 0 Å². The van der Waals surface area contributed by atoms with Crippen LogP contribution < -0.4 is 4.74 Å². The highest BCUT2D eigenvalue weighted by Gasteiger charge is 2.41. The molecule has 2 aliphatic heterocycles. The minimum atomic E-state index is -0.00769. The van der Waals surface area contributed by atoms with Crippen LogP contribution in [0.15, 0.2) is 54.6 Å². The van der Waals surface area contributed by atoms with Gasteiger partial charge in [0.25, 0.3) is 5.91 Å². The van der Waals surface area contributed by atoms with E-state index in [0.29, 0.717) is 37.7 Å². The molecule has 5 heteroatoms. The second-order valence-electron chi connectivity index (χ2n) is 8.13. The summed E-state index contributed by atoms with van der Waals surface area (Å²) in [6.07, 6.45) is 2.49. The summed E-state index contributed by atoms with van der Waals surface area (Å²) in [7, 11) is 0. The van der Waals surface area contributed by atoms with E-state index in [1.807, 2.05) is 59.2 Å². The maximum atomic E-state index is 12.8. The van der Waals surface area contributed by atoms with E-state index in [-0.39, 0.29) is 24.5 Å². The van der Waals surface area contributed by atoms with E-state index >= 15 is 0 Å². The van der Waals surface area contributed by atoms with Gasteiger partial charge in [-0.25, -0.2) is 0 Å². The molecule has 2 heterocycles. The van der Waals surface area contributed by atoms with E-state index in [9.17, 15) is 9.59 Å². The summed E-state index contributed by atoms with van der Waals surface area (Å²) in [5.41, 5.74) is 2.24. The zero-order chi connectivity index (χ0) is 20.2. The lowest BCUT2D eigenvalue weighted by Gasteiger charge is -2.30. The van der Waals surface area contributed by atoms with E-state index in [1.165, 1.54) is 0 Å². The number of ether oxygens (including phenoxy) is 1. The molecule has 0 N–H and O–H groups in total. The number of hydrogen-bond acceptors (Lipinski definition) is 3. The highest BCUT2D eigenvalue weighted by molar-refractivity contribution is 5.79. The number of benzene rings is 2. The molecule has 2 aromatic carbocycles. The Kier molecular flexibility index (Phi) is 5.84. The van der Waals surface area contributed by atoms with E-state index in [2.05, 4.69) is 12.1 Å². The third-order valence-electron chi connectivity index (χ3n) is 5.99. The second kappa shape index (κ2) is 8.68. The Morgan fingerprint density at radius 1 is 1.10 bits per heavy atom. The monoisotopic (exact) mass is 392 g/mol. The normalized spacial score (nSPS) is 21.6. The van der Waals surface area contributed by atoms with Gasteiger partial charge in [0.2, 0.25) is 5.91 Å². The Balaban J connectivity index is 1.42. The maximum Gasteiger partial charge on any atom is 0.260 e. The molecule has 152 valence electrons. The molecule has 2 saturated heterocycles. The van der Waals surface area contributed by atoms with Gasteiger partial charge in [-0.05, 0) is 48.9 Å². The highest BCUT2D eigenvalue weighted by atomic mass is 16.5. The standard InChI is InChI=1S/C24H28N2O3/c1-18-7-5-11-21(13-18)29-17-24(28)25-15-20-10-6-12-23(27)26(22(20)16-25)14-19-8-3-2-4-9-19/h2-5,7-9,11,13,20,22H,6,10,12,14-17H2,1H3/t20-,22+/m1/s1. The van der Waals surface area contributed by atoms with Crippen LogP contribution in [0, 0.1) is 12.8 Å². The largest absolute Gasteiger partial charge is 0.484 e. The fourth-order valence-corrected chi connectivity index (χ4v) is 4.47. The number of fused-ring (bicyclic) bond motifs is 1. The van der Waals surface area contributed by atoms with Gasteiger partial charge in [-0.15, -0.1) is 0 Å². The summed E-state index contributed by atoms with van der Waals surface area (Å²) in [5, 5.41) is 0. The molecule has 0 aliphatic carbocycles. The van der Waals surface area contributed by atoms with Gasteiger partial charge in [-0.3, -0.25) is 9.59 Å². The van der Waals surface area contributed by atoms with Gasteiger partial charge in [-0.1, -0.05) is 42.5 Å². The zero-order valence-electron chi connectivity index (χ0n) is 16.9. The molecule has 0 aromatic heterocycles. The summed E-state index contributed by atoms with van der Waals surface area (Å²) in [5.74, 6) is 1.25. The number of rotatable bonds is 5. The molecule has 5 nitrogen and oxygen atoms in total. The Morgan fingerprint density at radius 2 is 1.93 bits per heavy atom. The van der Waals surface area contributed by atoms with Crippen LogP contribution >= 0.6 is 0 Å². The van der Waals surface area contributed by atoms with Gasteiger partial charge in [0.1, 0.15) is 5.75 Å². The molecule has 4 rings (SSSR count). The summed E-state index contributed by atoms with van der Waals surface area (Å²) in [6, 6.07) is 17.9. The number of aryl methyl sites for hydroxylation is 1. The minimum Gasteiger partial charge on any atom is -0.484 e. The van der Waals surface area contributed by atoms with E-state index in [1.54, 1.807) is 0 Å². The molecule has 2 aliphatic rings. The molecule has 0 unspecified atom stereocenters. The number of carbonyl (C=O) groups excluding carboxylic acids is 2. The first-order chi connectivity index (χ1) is 14.1. The fourth-order valence-electron chi connectivity index (χ4n) is 4.47. The van der Waals surface area contributed by atoms with Crippen LogP contribution in [0.4, 0.5) is 0 Å². The second-order valence-corrected chi connectivity index (χ2v) is 8.13. The first-order valence-corrected chi connectivity index (χ1v) is 10.4. The average Bonchev–Trinajstić information content (AvgIpc) is 3.09. The molecular formula is C24H28N2O3. The van der Waals surface area contributed by atoms with Gasteiger partial charge < -0.3 is 14.5 Å². The lowest BCUT2D eigenvalue weighted by molar-refractivity contribution is -0.136. The van der Waals surface area contributed by atoms with Gasteiger partial charge in [-0.2, -0.15) is 0 Å². The Bertz CT molecular complexity index is 867. The number of amides is 2. The van der Waals surface area contributed by atoms with Crippen molar-refractivity contribution in [1.82, 2.24) is 9.80 Å². The van der Waals surface area contributed by atoms with Crippen LogP contribution in [0.5, 0.6) is 5.75 Å². The van der Waals surface area contributed by atoms with Crippen LogP contribution in [-0.4, -0.2) is 47.4 Å². The van der Waals surface area contributed by atoms with Gasteiger partial charge in [0, 0.05) is 26.1 Å². The van der Waals surface area contributed by atoms with Crippen molar-refractivity contribution >= 4 is 11.8 Å². The topological polar surface area (TPSA) is 49.9 Å². The molecule has 2 amide bonds. The summed E-state index contributed by atoms with van der Waals surface area (Å²) < 4.78 is 5.71. The molecule has 0 spiro atoms. The van der Waals surface area contributed by atoms with Crippen LogP contribution in [0.3, 0.4) is 0 Å². The number of carbonyl (C=O) groups is 2. The lowest BCUT2D eigenvalue weighted by Crippen LogP contribution is -2.43. The Hall–Kier alpha value is -2.82. The van der Waals surface area contributed by atoms with Crippen LogP contribution in [0.1, 0.15) is 30.4 Å². The minimum absolute atomic E-state index is 0.00769. The van der Waals surface area contributed by atoms with Crippen LogP contribution in [-0.2, 0) is 16.1 Å². The Labute approximate surface area is 172 Å². The highest BCUT2D eigenvalue weighted by Crippen LogP contribution is 2.31. The molecule has 0 bridgehead atoms. The average molecular weight is 392 g/mol. The van der Waals surface area contributed by atoms with E-state index < -0.39 is 0 Å². The van der Waals surface area contributed by atoms with Crippen molar-refractivity contribution < 1.29 is 14.3 Å². The fraction of sp³-hybridized carbons (Fsp3) is 0.417. The number of likely N-dealkylation sites (tertiary alicyclic amines) is 2. The van der Waals surface area contributed by atoms with Crippen LogP contribution in [0.25, 0.3) is 0 Å². The van der Waals surface area contributed by atoms with Crippen molar-refractivity contribution in [3.8, 4) is 5.75 Å².